The van der Waals surface area contributed by atoms with Gasteiger partial charge in [0.15, 0.2) is 11.6 Å². The van der Waals surface area contributed by atoms with Gasteiger partial charge in [0, 0.05) is 18.0 Å². The van der Waals surface area contributed by atoms with Crippen molar-refractivity contribution in [2.75, 3.05) is 12.8 Å². The molecule has 0 unspecified atom stereocenters. The number of nitrogen functional groups attached to an aromatic ring is 1. The van der Waals surface area contributed by atoms with Crippen molar-refractivity contribution in [2.24, 2.45) is 0 Å². The Kier molecular flexibility index (Phi) is 2.68. The summed E-state index contributed by atoms with van der Waals surface area (Å²) in [5.41, 5.74) is 8.35. The Hall–Kier alpha value is -2.17. The minimum Gasteiger partial charge on any atom is -0.491 e. The van der Waals surface area contributed by atoms with E-state index in [9.17, 15) is 0 Å². The molecule has 16 heavy (non-hydrogen) atoms. The first-order chi connectivity index (χ1) is 7.74. The molecule has 0 spiro atoms. The first-order valence-electron chi connectivity index (χ1n) is 4.79. The van der Waals surface area contributed by atoms with E-state index in [1.165, 1.54) is 6.33 Å². The zero-order chi connectivity index (χ0) is 11.5. The van der Waals surface area contributed by atoms with Crippen LogP contribution < -0.4 is 10.5 Å². The summed E-state index contributed by atoms with van der Waals surface area (Å²) < 4.78 is 5.21. The lowest BCUT2D eigenvalue weighted by atomic mass is 10.1. The standard InChI is InChI=1S/C11H12N4O/c1-7-3-4-13-5-8(7)9-10(16-2)11(12)15-6-14-9/h3-6H,1-2H3,(H2,12,14,15). The molecule has 2 N–H and O–H groups in total. The number of rotatable bonds is 2. The van der Waals surface area contributed by atoms with Gasteiger partial charge in [-0.2, -0.15) is 0 Å². The minimum absolute atomic E-state index is 0.329. The Morgan fingerprint density at radius 1 is 1.31 bits per heavy atom. The Labute approximate surface area is 93.3 Å². The van der Waals surface area contributed by atoms with Crippen molar-refractivity contribution in [2.45, 2.75) is 6.92 Å². The van der Waals surface area contributed by atoms with Crippen LogP contribution in [-0.4, -0.2) is 22.1 Å². The predicted octanol–water partition coefficient (Wildman–Crippen LogP) is 1.44. The molecular formula is C11H12N4O. The molecule has 0 atom stereocenters. The van der Waals surface area contributed by atoms with Crippen LogP contribution in [0.15, 0.2) is 24.8 Å². The Morgan fingerprint density at radius 2 is 2.12 bits per heavy atom. The van der Waals surface area contributed by atoms with Gasteiger partial charge in [0.05, 0.1) is 7.11 Å². The minimum atomic E-state index is 0.329. The maximum absolute atomic E-state index is 5.72. The summed E-state index contributed by atoms with van der Waals surface area (Å²) in [5.74, 6) is 0.814. The Balaban J connectivity index is 2.65. The highest BCUT2D eigenvalue weighted by Crippen LogP contribution is 2.32. The zero-order valence-electron chi connectivity index (χ0n) is 9.14. The molecular weight excluding hydrogens is 204 g/mol. The number of methoxy groups -OCH3 is 1. The first kappa shape index (κ1) is 10.4. The second kappa shape index (κ2) is 4.14. The molecule has 2 heterocycles. The number of ether oxygens (including phenoxy) is 1. The van der Waals surface area contributed by atoms with E-state index in [1.54, 1.807) is 19.5 Å². The number of pyridine rings is 1. The molecule has 0 radical (unpaired) electrons. The summed E-state index contributed by atoms with van der Waals surface area (Å²) in [4.78, 5) is 12.1. The molecule has 0 aliphatic rings. The third-order valence-corrected chi connectivity index (χ3v) is 2.33. The summed E-state index contributed by atoms with van der Waals surface area (Å²) in [6, 6.07) is 1.91. The van der Waals surface area contributed by atoms with Crippen LogP contribution in [0.1, 0.15) is 5.56 Å². The third-order valence-electron chi connectivity index (χ3n) is 2.33. The van der Waals surface area contributed by atoms with Crippen molar-refractivity contribution in [1.82, 2.24) is 15.0 Å². The van der Waals surface area contributed by atoms with E-state index in [1.807, 2.05) is 13.0 Å². The van der Waals surface area contributed by atoms with Crippen molar-refractivity contribution < 1.29 is 4.74 Å². The highest BCUT2D eigenvalue weighted by molar-refractivity contribution is 5.73. The van der Waals surface area contributed by atoms with Gasteiger partial charge in [0.2, 0.25) is 0 Å². The predicted molar refractivity (Wildman–Crippen MR) is 61.0 cm³/mol. The van der Waals surface area contributed by atoms with Crippen molar-refractivity contribution in [3.63, 3.8) is 0 Å². The maximum Gasteiger partial charge on any atom is 0.187 e. The molecule has 0 bridgehead atoms. The SMILES string of the molecule is COc1c(N)ncnc1-c1cnccc1C. The van der Waals surface area contributed by atoms with E-state index in [-0.39, 0.29) is 0 Å². The fraction of sp³-hybridized carbons (Fsp3) is 0.182. The normalized spacial score (nSPS) is 10.1. The van der Waals surface area contributed by atoms with Crippen LogP contribution in [0.4, 0.5) is 5.82 Å². The molecule has 0 saturated carbocycles. The van der Waals surface area contributed by atoms with Crippen LogP contribution in [0.25, 0.3) is 11.3 Å². The third kappa shape index (κ3) is 1.67. The maximum atomic E-state index is 5.72. The number of nitrogens with two attached hydrogens (primary N) is 1. The van der Waals surface area contributed by atoms with Gasteiger partial charge in [-0.15, -0.1) is 0 Å². The van der Waals surface area contributed by atoms with E-state index in [0.717, 1.165) is 11.1 Å². The van der Waals surface area contributed by atoms with Crippen LogP contribution in [-0.2, 0) is 0 Å². The zero-order valence-corrected chi connectivity index (χ0v) is 9.14. The highest BCUT2D eigenvalue weighted by atomic mass is 16.5. The number of aryl methyl sites for hydroxylation is 1. The van der Waals surface area contributed by atoms with Crippen molar-refractivity contribution in [3.8, 4) is 17.0 Å². The van der Waals surface area contributed by atoms with Gasteiger partial charge in [-0.05, 0) is 18.6 Å². The summed E-state index contributed by atoms with van der Waals surface area (Å²) in [5, 5.41) is 0. The monoisotopic (exact) mass is 216 g/mol. The van der Waals surface area contributed by atoms with E-state index >= 15 is 0 Å². The Morgan fingerprint density at radius 3 is 2.81 bits per heavy atom. The van der Waals surface area contributed by atoms with Gasteiger partial charge in [-0.25, -0.2) is 9.97 Å². The summed E-state index contributed by atoms with van der Waals surface area (Å²) in [6.07, 6.45) is 4.88. The molecule has 5 heteroatoms. The van der Waals surface area contributed by atoms with Crippen LogP contribution >= 0.6 is 0 Å². The van der Waals surface area contributed by atoms with E-state index < -0.39 is 0 Å². The molecule has 0 saturated heterocycles. The summed E-state index contributed by atoms with van der Waals surface area (Å²) in [7, 11) is 1.55. The lowest BCUT2D eigenvalue weighted by Gasteiger charge is -2.10. The second-order valence-corrected chi connectivity index (χ2v) is 3.33. The summed E-state index contributed by atoms with van der Waals surface area (Å²) in [6.45, 7) is 1.98. The number of hydrogen-bond acceptors (Lipinski definition) is 5. The molecule has 82 valence electrons. The molecule has 2 aromatic heterocycles. The molecule has 2 aromatic rings. The molecule has 5 nitrogen and oxygen atoms in total. The molecule has 0 aliphatic carbocycles. The van der Waals surface area contributed by atoms with E-state index in [0.29, 0.717) is 17.3 Å². The van der Waals surface area contributed by atoms with Crippen molar-refractivity contribution in [1.29, 1.82) is 0 Å². The highest BCUT2D eigenvalue weighted by Gasteiger charge is 2.13. The van der Waals surface area contributed by atoms with Gasteiger partial charge in [-0.1, -0.05) is 0 Å². The van der Waals surface area contributed by atoms with E-state index in [2.05, 4.69) is 15.0 Å². The van der Waals surface area contributed by atoms with Crippen LogP contribution in [0.3, 0.4) is 0 Å². The van der Waals surface area contributed by atoms with Crippen molar-refractivity contribution >= 4 is 5.82 Å². The van der Waals surface area contributed by atoms with E-state index in [4.69, 9.17) is 10.5 Å². The van der Waals surface area contributed by atoms with Crippen molar-refractivity contribution in [3.05, 3.63) is 30.4 Å². The van der Waals surface area contributed by atoms with Gasteiger partial charge in [0.1, 0.15) is 12.0 Å². The van der Waals surface area contributed by atoms with Crippen LogP contribution in [0.5, 0.6) is 5.75 Å². The van der Waals surface area contributed by atoms with Crippen LogP contribution in [0, 0.1) is 6.92 Å². The smallest absolute Gasteiger partial charge is 0.187 e. The molecule has 0 aromatic carbocycles. The average molecular weight is 216 g/mol. The van der Waals surface area contributed by atoms with Gasteiger partial charge in [0.25, 0.3) is 0 Å². The number of aromatic nitrogens is 3. The number of hydrogen-bond donors (Lipinski definition) is 1. The quantitative estimate of drug-likeness (QED) is 0.822. The largest absolute Gasteiger partial charge is 0.491 e. The lowest BCUT2D eigenvalue weighted by molar-refractivity contribution is 0.415. The Bertz CT molecular complexity index is 513. The molecule has 2 rings (SSSR count). The fourth-order valence-corrected chi connectivity index (χ4v) is 1.49. The fourth-order valence-electron chi connectivity index (χ4n) is 1.49. The number of anilines is 1. The molecule has 0 fully saturated rings. The second-order valence-electron chi connectivity index (χ2n) is 3.33. The van der Waals surface area contributed by atoms with Gasteiger partial charge >= 0.3 is 0 Å². The first-order valence-corrected chi connectivity index (χ1v) is 4.79. The topological polar surface area (TPSA) is 73.9 Å². The molecule has 0 aliphatic heterocycles. The van der Waals surface area contributed by atoms with Gasteiger partial charge in [-0.3, -0.25) is 4.98 Å². The number of nitrogens with zero attached hydrogens (tertiary/aromatic N) is 3. The average Bonchev–Trinajstić information content (AvgIpc) is 2.29. The molecule has 0 amide bonds. The summed E-state index contributed by atoms with van der Waals surface area (Å²) >= 11 is 0. The lowest BCUT2D eigenvalue weighted by Crippen LogP contribution is -2.00. The van der Waals surface area contributed by atoms with Crippen LogP contribution in [0.2, 0.25) is 0 Å². The van der Waals surface area contributed by atoms with Gasteiger partial charge < -0.3 is 10.5 Å².